The molecular weight excluding hydrogens is 358 g/mol. The van der Waals surface area contributed by atoms with Gasteiger partial charge in [0.05, 0.1) is 19.1 Å². The molecule has 142 valence electrons. The Morgan fingerprint density at radius 2 is 1.96 bits per heavy atom. The number of aryl methyl sites for hydroxylation is 1. The second-order valence-corrected chi connectivity index (χ2v) is 7.55. The van der Waals surface area contributed by atoms with Gasteiger partial charge in [-0.3, -0.25) is 4.79 Å². The van der Waals surface area contributed by atoms with E-state index in [4.69, 9.17) is 4.74 Å². The van der Waals surface area contributed by atoms with Crippen LogP contribution in [0.2, 0.25) is 0 Å². The van der Waals surface area contributed by atoms with E-state index in [1.165, 1.54) is 35.9 Å². The first-order valence-electron chi connectivity index (χ1n) is 9.10. The molecule has 1 N–H and O–H groups in total. The van der Waals surface area contributed by atoms with Gasteiger partial charge in [-0.05, 0) is 67.3 Å². The lowest BCUT2D eigenvalue weighted by atomic mass is 10.1. The molecule has 5 nitrogen and oxygen atoms in total. The Morgan fingerprint density at radius 3 is 2.63 bits per heavy atom. The van der Waals surface area contributed by atoms with Crippen molar-refractivity contribution in [2.75, 3.05) is 30.9 Å². The van der Waals surface area contributed by atoms with E-state index in [9.17, 15) is 4.79 Å². The van der Waals surface area contributed by atoms with Crippen molar-refractivity contribution in [3.8, 4) is 5.75 Å². The first-order chi connectivity index (χ1) is 13.2. The van der Waals surface area contributed by atoms with Crippen LogP contribution in [-0.2, 0) is 4.79 Å². The highest BCUT2D eigenvalue weighted by Gasteiger charge is 2.14. The number of methoxy groups -OCH3 is 1. The van der Waals surface area contributed by atoms with Gasteiger partial charge in [0, 0.05) is 23.7 Å². The van der Waals surface area contributed by atoms with Crippen LogP contribution in [0, 0.1) is 6.92 Å². The SMILES string of the molecule is COc1ccc(SCC(=O)N/N=C\c2ccc(N3CCCC3)c(C)c2)cc1. The van der Waals surface area contributed by atoms with Gasteiger partial charge in [0.25, 0.3) is 0 Å². The lowest BCUT2D eigenvalue weighted by Gasteiger charge is -2.20. The van der Waals surface area contributed by atoms with Crippen molar-refractivity contribution in [2.45, 2.75) is 24.7 Å². The van der Waals surface area contributed by atoms with Crippen LogP contribution >= 0.6 is 11.8 Å². The fourth-order valence-corrected chi connectivity index (χ4v) is 3.79. The summed E-state index contributed by atoms with van der Waals surface area (Å²) >= 11 is 1.47. The molecule has 0 spiro atoms. The van der Waals surface area contributed by atoms with Crippen LogP contribution in [-0.4, -0.2) is 38.1 Å². The van der Waals surface area contributed by atoms with E-state index in [2.05, 4.69) is 34.5 Å². The molecule has 1 saturated heterocycles. The fourth-order valence-electron chi connectivity index (χ4n) is 3.10. The topological polar surface area (TPSA) is 53.9 Å². The van der Waals surface area contributed by atoms with E-state index in [-0.39, 0.29) is 5.91 Å². The average molecular weight is 384 g/mol. The molecule has 0 aliphatic carbocycles. The highest BCUT2D eigenvalue weighted by molar-refractivity contribution is 8.00. The second-order valence-electron chi connectivity index (χ2n) is 6.50. The summed E-state index contributed by atoms with van der Waals surface area (Å²) in [5.74, 6) is 0.994. The third-order valence-corrected chi connectivity index (χ3v) is 5.51. The fraction of sp³-hybridized carbons (Fsp3) is 0.333. The lowest BCUT2D eigenvalue weighted by Crippen LogP contribution is -2.20. The third-order valence-electron chi connectivity index (χ3n) is 4.50. The van der Waals surface area contributed by atoms with Gasteiger partial charge in [0.2, 0.25) is 5.91 Å². The molecule has 1 aliphatic heterocycles. The third kappa shape index (κ3) is 5.50. The Labute approximate surface area is 164 Å². The zero-order valence-corrected chi connectivity index (χ0v) is 16.6. The molecule has 1 amide bonds. The second kappa shape index (κ2) is 9.46. The highest BCUT2D eigenvalue weighted by Crippen LogP contribution is 2.24. The molecule has 0 unspecified atom stereocenters. The highest BCUT2D eigenvalue weighted by atomic mass is 32.2. The molecular formula is C21H25N3O2S. The number of hydrazone groups is 1. The monoisotopic (exact) mass is 383 g/mol. The minimum atomic E-state index is -0.127. The quantitative estimate of drug-likeness (QED) is 0.448. The maximum atomic E-state index is 11.9. The van der Waals surface area contributed by atoms with E-state index in [0.29, 0.717) is 5.75 Å². The summed E-state index contributed by atoms with van der Waals surface area (Å²) < 4.78 is 5.12. The number of nitrogens with zero attached hydrogens (tertiary/aromatic N) is 2. The number of carbonyl (C=O) groups excluding carboxylic acids is 1. The van der Waals surface area contributed by atoms with Gasteiger partial charge in [0.15, 0.2) is 0 Å². The standard InChI is InChI=1S/C21H25N3O2S/c1-16-13-17(5-10-20(16)24-11-3-4-12-24)14-22-23-21(25)15-27-19-8-6-18(26-2)7-9-19/h5-10,13-14H,3-4,11-12,15H2,1-2H3,(H,23,25)/b22-14-. The maximum absolute atomic E-state index is 11.9. The van der Waals surface area contributed by atoms with Crippen LogP contribution in [0.4, 0.5) is 5.69 Å². The van der Waals surface area contributed by atoms with Gasteiger partial charge in [0.1, 0.15) is 5.75 Å². The molecule has 3 rings (SSSR count). The Kier molecular flexibility index (Phi) is 6.76. The molecule has 1 fully saturated rings. The predicted octanol–water partition coefficient (Wildman–Crippen LogP) is 3.85. The van der Waals surface area contributed by atoms with Crippen LogP contribution in [0.25, 0.3) is 0 Å². The number of nitrogens with one attached hydrogen (secondary N) is 1. The number of anilines is 1. The van der Waals surface area contributed by atoms with Crippen LogP contribution in [0.5, 0.6) is 5.75 Å². The number of hydrogen-bond donors (Lipinski definition) is 1. The van der Waals surface area contributed by atoms with Crippen molar-refractivity contribution >= 4 is 29.6 Å². The summed E-state index contributed by atoms with van der Waals surface area (Å²) in [6.07, 6.45) is 4.23. The molecule has 2 aromatic carbocycles. The molecule has 0 saturated carbocycles. The van der Waals surface area contributed by atoms with Crippen molar-refractivity contribution in [1.29, 1.82) is 0 Å². The van der Waals surface area contributed by atoms with Crippen LogP contribution < -0.4 is 15.1 Å². The number of rotatable bonds is 7. The Morgan fingerprint density at radius 1 is 1.22 bits per heavy atom. The minimum Gasteiger partial charge on any atom is -0.497 e. The molecule has 0 bridgehead atoms. The number of thioether (sulfide) groups is 1. The van der Waals surface area contributed by atoms with Gasteiger partial charge in [-0.2, -0.15) is 5.10 Å². The van der Waals surface area contributed by atoms with Gasteiger partial charge in [-0.1, -0.05) is 6.07 Å². The normalized spacial score (nSPS) is 13.9. The number of benzene rings is 2. The lowest BCUT2D eigenvalue weighted by molar-refractivity contribution is -0.118. The molecule has 0 atom stereocenters. The molecule has 6 heteroatoms. The van der Waals surface area contributed by atoms with E-state index >= 15 is 0 Å². The van der Waals surface area contributed by atoms with Crippen molar-refractivity contribution in [2.24, 2.45) is 5.10 Å². The van der Waals surface area contributed by atoms with Crippen LogP contribution in [0.15, 0.2) is 52.5 Å². The van der Waals surface area contributed by atoms with Crippen LogP contribution in [0.1, 0.15) is 24.0 Å². The zero-order chi connectivity index (χ0) is 19.1. The van der Waals surface area contributed by atoms with Gasteiger partial charge in [-0.25, -0.2) is 5.43 Å². The molecule has 1 heterocycles. The summed E-state index contributed by atoms with van der Waals surface area (Å²) in [7, 11) is 1.63. The summed E-state index contributed by atoms with van der Waals surface area (Å²) in [5, 5.41) is 4.08. The van der Waals surface area contributed by atoms with E-state index in [0.717, 1.165) is 29.3 Å². The van der Waals surface area contributed by atoms with Crippen molar-refractivity contribution in [3.05, 3.63) is 53.6 Å². The van der Waals surface area contributed by atoms with Gasteiger partial charge < -0.3 is 9.64 Å². The average Bonchev–Trinajstić information content (AvgIpc) is 3.21. The molecule has 0 radical (unpaired) electrons. The Balaban J connectivity index is 1.47. The molecule has 27 heavy (non-hydrogen) atoms. The summed E-state index contributed by atoms with van der Waals surface area (Å²) in [6.45, 7) is 4.39. The smallest absolute Gasteiger partial charge is 0.250 e. The van der Waals surface area contributed by atoms with Gasteiger partial charge >= 0.3 is 0 Å². The van der Waals surface area contributed by atoms with E-state index < -0.39 is 0 Å². The van der Waals surface area contributed by atoms with Crippen molar-refractivity contribution < 1.29 is 9.53 Å². The van der Waals surface area contributed by atoms with Crippen LogP contribution in [0.3, 0.4) is 0 Å². The minimum absolute atomic E-state index is 0.127. The Hall–Kier alpha value is -2.47. The first-order valence-corrected chi connectivity index (χ1v) is 10.1. The van der Waals surface area contributed by atoms with E-state index in [1.54, 1.807) is 13.3 Å². The summed E-state index contributed by atoms with van der Waals surface area (Å²) in [5.41, 5.74) is 6.11. The number of carbonyl (C=O) groups is 1. The maximum Gasteiger partial charge on any atom is 0.250 e. The van der Waals surface area contributed by atoms with Gasteiger partial charge in [-0.15, -0.1) is 11.8 Å². The largest absolute Gasteiger partial charge is 0.497 e. The number of hydrogen-bond acceptors (Lipinski definition) is 5. The Bertz CT molecular complexity index is 800. The summed E-state index contributed by atoms with van der Waals surface area (Å²) in [4.78, 5) is 15.4. The molecule has 1 aliphatic rings. The van der Waals surface area contributed by atoms with Crippen molar-refractivity contribution in [1.82, 2.24) is 5.43 Å². The first kappa shape index (κ1) is 19.3. The number of amides is 1. The predicted molar refractivity (Wildman–Crippen MR) is 112 cm³/mol. The summed E-state index contributed by atoms with van der Waals surface area (Å²) in [6, 6.07) is 13.9. The molecule has 0 aromatic heterocycles. The number of ether oxygens (including phenoxy) is 1. The molecule has 2 aromatic rings. The zero-order valence-electron chi connectivity index (χ0n) is 15.8. The van der Waals surface area contributed by atoms with E-state index in [1.807, 2.05) is 30.3 Å². The van der Waals surface area contributed by atoms with Crippen molar-refractivity contribution in [3.63, 3.8) is 0 Å².